The molecule has 62 valence electrons. The van der Waals surface area contributed by atoms with Gasteiger partial charge in [0.15, 0.2) is 0 Å². The van der Waals surface area contributed by atoms with Gasteiger partial charge in [0.05, 0.1) is 6.17 Å². The van der Waals surface area contributed by atoms with E-state index in [0.29, 0.717) is 6.42 Å². The molecule has 0 aromatic rings. The van der Waals surface area contributed by atoms with Crippen molar-refractivity contribution in [3.63, 3.8) is 0 Å². The Kier molecular flexibility index (Phi) is 5.45. The topological polar surface area (TPSA) is 0 Å². The molecular formula is C7H13F3. The molecule has 0 spiro atoms. The predicted molar refractivity (Wildman–Crippen MR) is 35.3 cm³/mol. The fourth-order valence-corrected chi connectivity index (χ4v) is 0.643. The van der Waals surface area contributed by atoms with Crippen molar-refractivity contribution in [2.45, 2.75) is 38.5 Å². The molecule has 0 saturated heterocycles. The van der Waals surface area contributed by atoms with Gasteiger partial charge in [-0.1, -0.05) is 6.92 Å². The molecule has 0 saturated carbocycles. The van der Waals surface area contributed by atoms with Gasteiger partial charge in [-0.05, 0) is 19.3 Å². The molecule has 0 aliphatic rings. The van der Waals surface area contributed by atoms with Gasteiger partial charge >= 0.3 is 0 Å². The fraction of sp³-hybridized carbons (Fsp3) is 1.00. The van der Waals surface area contributed by atoms with Crippen LogP contribution in [0.4, 0.5) is 13.2 Å². The van der Waals surface area contributed by atoms with E-state index in [1.54, 1.807) is 6.92 Å². The molecule has 0 N–H and O–H groups in total. The van der Waals surface area contributed by atoms with E-state index in [-0.39, 0.29) is 12.8 Å². The number of rotatable bonds is 5. The Bertz CT molecular complexity index is 65.3. The molecule has 0 amide bonds. The molecule has 0 radical (unpaired) electrons. The van der Waals surface area contributed by atoms with Crippen LogP contribution in [-0.2, 0) is 0 Å². The molecule has 2 atom stereocenters. The van der Waals surface area contributed by atoms with Crippen molar-refractivity contribution >= 4 is 0 Å². The lowest BCUT2D eigenvalue weighted by Crippen LogP contribution is -2.07. The largest absolute Gasteiger partial charge is 0.248 e. The van der Waals surface area contributed by atoms with Crippen LogP contribution in [0.3, 0.4) is 0 Å². The molecule has 0 aliphatic carbocycles. The first-order valence-corrected chi connectivity index (χ1v) is 3.54. The van der Waals surface area contributed by atoms with Gasteiger partial charge in [-0.15, -0.1) is 0 Å². The fourth-order valence-electron chi connectivity index (χ4n) is 0.643. The van der Waals surface area contributed by atoms with E-state index < -0.39 is 19.0 Å². The Morgan fingerprint density at radius 2 is 1.60 bits per heavy atom. The molecule has 0 heterocycles. The number of alkyl halides is 3. The van der Waals surface area contributed by atoms with Gasteiger partial charge in [0, 0.05) is 0 Å². The van der Waals surface area contributed by atoms with E-state index in [9.17, 15) is 13.2 Å². The average molecular weight is 154 g/mol. The minimum Gasteiger partial charge on any atom is -0.248 e. The van der Waals surface area contributed by atoms with Crippen LogP contribution in [0.1, 0.15) is 26.2 Å². The highest BCUT2D eigenvalue weighted by atomic mass is 19.2. The van der Waals surface area contributed by atoms with Gasteiger partial charge in [0.2, 0.25) is 0 Å². The van der Waals surface area contributed by atoms with E-state index in [4.69, 9.17) is 0 Å². The normalized spacial score (nSPS) is 16.8. The number of hydrogen-bond acceptors (Lipinski definition) is 0. The van der Waals surface area contributed by atoms with Crippen molar-refractivity contribution in [2.24, 2.45) is 0 Å². The molecule has 0 aromatic carbocycles. The maximum atomic E-state index is 12.3. The zero-order valence-corrected chi connectivity index (χ0v) is 6.12. The van der Waals surface area contributed by atoms with E-state index in [2.05, 4.69) is 0 Å². The van der Waals surface area contributed by atoms with Crippen LogP contribution >= 0.6 is 0 Å². The van der Waals surface area contributed by atoms with Gasteiger partial charge < -0.3 is 0 Å². The highest BCUT2D eigenvalue weighted by molar-refractivity contribution is 4.59. The summed E-state index contributed by atoms with van der Waals surface area (Å²) in [5.74, 6) is 0. The van der Waals surface area contributed by atoms with Gasteiger partial charge in [-0.2, -0.15) is 0 Å². The van der Waals surface area contributed by atoms with Crippen molar-refractivity contribution in [3.05, 3.63) is 0 Å². The third-order valence-corrected chi connectivity index (χ3v) is 1.40. The molecule has 1 unspecified atom stereocenters. The maximum Gasteiger partial charge on any atom is 0.128 e. The van der Waals surface area contributed by atoms with Gasteiger partial charge in [-0.3, -0.25) is 0 Å². The van der Waals surface area contributed by atoms with Crippen molar-refractivity contribution in [1.82, 2.24) is 0 Å². The summed E-state index contributed by atoms with van der Waals surface area (Å²) >= 11 is 0. The Labute approximate surface area is 59.4 Å². The Hall–Kier alpha value is -0.210. The van der Waals surface area contributed by atoms with Crippen LogP contribution in [-0.4, -0.2) is 19.0 Å². The quantitative estimate of drug-likeness (QED) is 0.571. The number of halogens is 3. The summed E-state index contributed by atoms with van der Waals surface area (Å²) in [5, 5.41) is 0. The second-order valence-corrected chi connectivity index (χ2v) is 2.33. The lowest BCUT2D eigenvalue weighted by atomic mass is 10.1. The first kappa shape index (κ1) is 9.79. The van der Waals surface area contributed by atoms with E-state index in [1.807, 2.05) is 0 Å². The summed E-state index contributed by atoms with van der Waals surface area (Å²) in [6.07, 6.45) is -1.90. The van der Waals surface area contributed by atoms with Gasteiger partial charge in [0.25, 0.3) is 0 Å². The maximum absolute atomic E-state index is 12.3. The summed E-state index contributed by atoms with van der Waals surface area (Å²) in [6, 6.07) is 0. The van der Waals surface area contributed by atoms with Crippen molar-refractivity contribution in [3.8, 4) is 0 Å². The minimum absolute atomic E-state index is 0.00546. The molecule has 0 bridgehead atoms. The molecule has 0 aromatic heterocycles. The summed E-state index contributed by atoms with van der Waals surface area (Å²) < 4.78 is 35.9. The third kappa shape index (κ3) is 4.65. The van der Waals surface area contributed by atoms with Crippen molar-refractivity contribution in [1.29, 1.82) is 0 Å². The Balaban J connectivity index is 3.17. The van der Waals surface area contributed by atoms with Crippen LogP contribution in [0, 0.1) is 0 Å². The van der Waals surface area contributed by atoms with Crippen LogP contribution in [0.15, 0.2) is 0 Å². The molecule has 0 rings (SSSR count). The summed E-state index contributed by atoms with van der Waals surface area (Å²) in [5.41, 5.74) is 0. The average Bonchev–Trinajstić information content (AvgIpc) is 1.99. The van der Waals surface area contributed by atoms with Gasteiger partial charge in [-0.25, -0.2) is 13.2 Å². The van der Waals surface area contributed by atoms with E-state index in [0.717, 1.165) is 0 Å². The standard InChI is InChI=1S/C7H13F3/c1-2-6(9)3-4-7(10)5-8/h6-7H,2-5H2,1H3/t6?,7-/m0/s1. The summed E-state index contributed by atoms with van der Waals surface area (Å²) in [4.78, 5) is 0. The van der Waals surface area contributed by atoms with E-state index >= 15 is 0 Å². The molecule has 3 heteroatoms. The van der Waals surface area contributed by atoms with Crippen molar-refractivity contribution < 1.29 is 13.2 Å². The molecule has 10 heavy (non-hydrogen) atoms. The molecular weight excluding hydrogens is 141 g/mol. The predicted octanol–water partition coefficient (Wildman–Crippen LogP) is 2.82. The monoisotopic (exact) mass is 154 g/mol. The number of hydrogen-bond donors (Lipinski definition) is 0. The smallest absolute Gasteiger partial charge is 0.128 e. The Morgan fingerprint density at radius 3 is 2.00 bits per heavy atom. The van der Waals surface area contributed by atoms with Crippen LogP contribution in [0.2, 0.25) is 0 Å². The van der Waals surface area contributed by atoms with Crippen LogP contribution < -0.4 is 0 Å². The summed E-state index contributed by atoms with van der Waals surface area (Å²) in [6.45, 7) is 0.698. The highest BCUT2D eigenvalue weighted by Crippen LogP contribution is 2.10. The second-order valence-electron chi connectivity index (χ2n) is 2.33. The zero-order chi connectivity index (χ0) is 7.98. The van der Waals surface area contributed by atoms with Crippen LogP contribution in [0.25, 0.3) is 0 Å². The molecule has 0 nitrogen and oxygen atoms in total. The lowest BCUT2D eigenvalue weighted by molar-refractivity contribution is 0.211. The summed E-state index contributed by atoms with van der Waals surface area (Å²) in [7, 11) is 0. The third-order valence-electron chi connectivity index (χ3n) is 1.40. The first-order valence-electron chi connectivity index (χ1n) is 3.54. The van der Waals surface area contributed by atoms with Crippen LogP contribution in [0.5, 0.6) is 0 Å². The second kappa shape index (κ2) is 5.57. The Morgan fingerprint density at radius 1 is 1.10 bits per heavy atom. The zero-order valence-electron chi connectivity index (χ0n) is 6.12. The van der Waals surface area contributed by atoms with Crippen molar-refractivity contribution in [2.75, 3.05) is 6.67 Å². The van der Waals surface area contributed by atoms with Gasteiger partial charge in [0.1, 0.15) is 12.8 Å². The minimum atomic E-state index is -1.47. The molecule has 0 aliphatic heterocycles. The SMILES string of the molecule is CCC(F)CC[C@H](F)CF. The highest BCUT2D eigenvalue weighted by Gasteiger charge is 2.09. The molecule has 0 fully saturated rings. The lowest BCUT2D eigenvalue weighted by Gasteiger charge is -2.05. The first-order chi connectivity index (χ1) is 4.70. The van der Waals surface area contributed by atoms with E-state index in [1.165, 1.54) is 0 Å².